The van der Waals surface area contributed by atoms with Crippen molar-refractivity contribution in [2.45, 2.75) is 51.9 Å². The van der Waals surface area contributed by atoms with E-state index in [4.69, 9.17) is 0 Å². The van der Waals surface area contributed by atoms with Crippen molar-refractivity contribution in [2.24, 2.45) is 29.1 Å². The van der Waals surface area contributed by atoms with Crippen LogP contribution in [0.1, 0.15) is 51.9 Å². The highest BCUT2D eigenvalue weighted by molar-refractivity contribution is 5.27. The molecule has 0 aromatic heterocycles. The minimum atomic E-state index is 0.376. The summed E-state index contributed by atoms with van der Waals surface area (Å²) in [5.41, 5.74) is 1.91. The maximum absolute atomic E-state index is 9.45. The molecule has 1 N–H and O–H groups in total. The summed E-state index contributed by atoms with van der Waals surface area (Å²) in [6, 6.07) is 0. The van der Waals surface area contributed by atoms with Crippen LogP contribution in [0.15, 0.2) is 12.2 Å². The summed E-state index contributed by atoms with van der Waals surface area (Å²) < 4.78 is 0. The van der Waals surface area contributed by atoms with Gasteiger partial charge in [0.15, 0.2) is 0 Å². The predicted octanol–water partition coefficient (Wildman–Crippen LogP) is 3.78. The maximum Gasteiger partial charge on any atom is 0.0465 e. The van der Waals surface area contributed by atoms with Crippen molar-refractivity contribution < 1.29 is 5.11 Å². The van der Waals surface area contributed by atoms with Gasteiger partial charge in [0.1, 0.15) is 0 Å². The summed E-state index contributed by atoms with van der Waals surface area (Å²) in [5.74, 6) is 2.87. The summed E-state index contributed by atoms with van der Waals surface area (Å²) >= 11 is 0. The molecule has 0 saturated heterocycles. The second kappa shape index (κ2) is 4.12. The Balaban J connectivity index is 1.82. The summed E-state index contributed by atoms with van der Waals surface area (Å²) in [6.45, 7) is 7.32. The molecule has 3 aliphatic carbocycles. The lowest BCUT2D eigenvalue weighted by Gasteiger charge is -2.46. The van der Waals surface area contributed by atoms with Crippen LogP contribution in [0.5, 0.6) is 0 Å². The largest absolute Gasteiger partial charge is 0.396 e. The molecule has 0 aliphatic heterocycles. The van der Waals surface area contributed by atoms with Crippen LogP contribution in [-0.4, -0.2) is 11.7 Å². The molecule has 17 heavy (non-hydrogen) atoms. The smallest absolute Gasteiger partial charge is 0.0465 e. The Labute approximate surface area is 105 Å². The quantitative estimate of drug-likeness (QED) is 0.721. The van der Waals surface area contributed by atoms with Crippen LogP contribution in [-0.2, 0) is 0 Å². The fourth-order valence-electron chi connectivity index (χ4n) is 5.20. The van der Waals surface area contributed by atoms with Crippen LogP contribution in [0.25, 0.3) is 0 Å². The molecule has 3 fully saturated rings. The van der Waals surface area contributed by atoms with E-state index < -0.39 is 0 Å². The SMILES string of the molecule is C=C1[C@@H]2C[C@@H](C[C@@H]2CO)[C@]1(C)C1CCCCC1. The lowest BCUT2D eigenvalue weighted by Crippen LogP contribution is -2.38. The molecule has 0 radical (unpaired) electrons. The fourth-order valence-corrected chi connectivity index (χ4v) is 5.20. The third-order valence-electron chi connectivity index (χ3n) is 6.37. The van der Waals surface area contributed by atoms with Crippen LogP contribution in [0, 0.1) is 29.1 Å². The van der Waals surface area contributed by atoms with Gasteiger partial charge in [-0.3, -0.25) is 0 Å². The molecule has 4 atom stereocenters. The zero-order valence-electron chi connectivity index (χ0n) is 11.1. The van der Waals surface area contributed by atoms with E-state index in [1.807, 2.05) is 0 Å². The molecule has 0 aromatic carbocycles. The molecule has 0 heterocycles. The topological polar surface area (TPSA) is 20.2 Å². The van der Waals surface area contributed by atoms with E-state index in [9.17, 15) is 5.11 Å². The molecule has 0 aromatic rings. The Bertz CT molecular complexity index is 315. The van der Waals surface area contributed by atoms with E-state index in [1.165, 1.54) is 50.5 Å². The zero-order valence-corrected chi connectivity index (χ0v) is 11.1. The molecule has 3 rings (SSSR count). The third kappa shape index (κ3) is 1.54. The summed E-state index contributed by atoms with van der Waals surface area (Å²) in [6.07, 6.45) is 9.70. The van der Waals surface area contributed by atoms with Crippen LogP contribution in [0.4, 0.5) is 0 Å². The van der Waals surface area contributed by atoms with E-state index in [2.05, 4.69) is 13.5 Å². The average molecular weight is 234 g/mol. The number of fused-ring (bicyclic) bond motifs is 2. The van der Waals surface area contributed by atoms with Crippen molar-refractivity contribution in [3.8, 4) is 0 Å². The monoisotopic (exact) mass is 234 g/mol. The van der Waals surface area contributed by atoms with Gasteiger partial charge in [0.2, 0.25) is 0 Å². The number of allylic oxidation sites excluding steroid dienone is 1. The first kappa shape index (κ1) is 11.8. The molecule has 3 aliphatic rings. The molecule has 1 nitrogen and oxygen atoms in total. The maximum atomic E-state index is 9.45. The number of aliphatic hydroxyl groups excluding tert-OH is 1. The minimum Gasteiger partial charge on any atom is -0.396 e. The normalized spacial score (nSPS) is 46.7. The van der Waals surface area contributed by atoms with Gasteiger partial charge < -0.3 is 5.11 Å². The van der Waals surface area contributed by atoms with Crippen molar-refractivity contribution in [1.82, 2.24) is 0 Å². The molecular formula is C16H26O. The van der Waals surface area contributed by atoms with Gasteiger partial charge in [-0.1, -0.05) is 38.3 Å². The van der Waals surface area contributed by atoms with Gasteiger partial charge in [0, 0.05) is 6.61 Å². The highest BCUT2D eigenvalue weighted by Gasteiger charge is 2.57. The number of hydrogen-bond acceptors (Lipinski definition) is 1. The molecule has 0 spiro atoms. The van der Waals surface area contributed by atoms with Crippen LogP contribution >= 0.6 is 0 Å². The second-order valence-electron chi connectivity index (χ2n) is 6.86. The number of aliphatic hydroxyl groups is 1. The van der Waals surface area contributed by atoms with Crippen LogP contribution < -0.4 is 0 Å². The Hall–Kier alpha value is -0.300. The van der Waals surface area contributed by atoms with Gasteiger partial charge >= 0.3 is 0 Å². The van der Waals surface area contributed by atoms with Crippen LogP contribution in [0.2, 0.25) is 0 Å². The van der Waals surface area contributed by atoms with Crippen molar-refractivity contribution in [3.05, 3.63) is 12.2 Å². The molecule has 3 saturated carbocycles. The minimum absolute atomic E-state index is 0.376. The fraction of sp³-hybridized carbons (Fsp3) is 0.875. The number of hydrogen-bond donors (Lipinski definition) is 1. The first-order valence-electron chi connectivity index (χ1n) is 7.48. The predicted molar refractivity (Wildman–Crippen MR) is 70.6 cm³/mol. The molecule has 2 bridgehead atoms. The Morgan fingerprint density at radius 1 is 1.18 bits per heavy atom. The van der Waals surface area contributed by atoms with Crippen molar-refractivity contribution in [1.29, 1.82) is 0 Å². The molecule has 0 unspecified atom stereocenters. The van der Waals surface area contributed by atoms with Gasteiger partial charge in [0.25, 0.3) is 0 Å². The zero-order chi connectivity index (χ0) is 12.0. The number of rotatable bonds is 2. The van der Waals surface area contributed by atoms with E-state index >= 15 is 0 Å². The van der Waals surface area contributed by atoms with E-state index in [-0.39, 0.29) is 0 Å². The van der Waals surface area contributed by atoms with E-state index in [0.717, 1.165) is 11.8 Å². The summed E-state index contributed by atoms with van der Waals surface area (Å²) in [5, 5.41) is 9.45. The average Bonchev–Trinajstić information content (AvgIpc) is 2.90. The standard InChI is InChI=1S/C16H26O/c1-11-15-9-14(8-12(15)10-17)16(11,2)13-6-4-3-5-7-13/h12-15,17H,1,3-10H2,2H3/t12-,14-,15+,16+/m1/s1. The highest BCUT2D eigenvalue weighted by Crippen LogP contribution is 2.65. The van der Waals surface area contributed by atoms with E-state index in [0.29, 0.717) is 23.9 Å². The van der Waals surface area contributed by atoms with Gasteiger partial charge in [-0.2, -0.15) is 0 Å². The van der Waals surface area contributed by atoms with Gasteiger partial charge in [-0.15, -0.1) is 0 Å². The van der Waals surface area contributed by atoms with Gasteiger partial charge in [-0.05, 0) is 54.8 Å². The third-order valence-corrected chi connectivity index (χ3v) is 6.37. The lowest BCUT2D eigenvalue weighted by molar-refractivity contribution is 0.0869. The molecule has 0 amide bonds. The summed E-state index contributed by atoms with van der Waals surface area (Å²) in [4.78, 5) is 0. The van der Waals surface area contributed by atoms with Gasteiger partial charge in [-0.25, -0.2) is 0 Å². The second-order valence-corrected chi connectivity index (χ2v) is 6.86. The van der Waals surface area contributed by atoms with Crippen LogP contribution in [0.3, 0.4) is 0 Å². The first-order chi connectivity index (χ1) is 8.17. The Morgan fingerprint density at radius 3 is 2.47 bits per heavy atom. The highest BCUT2D eigenvalue weighted by atomic mass is 16.3. The Kier molecular flexibility index (Phi) is 2.85. The van der Waals surface area contributed by atoms with E-state index in [1.54, 1.807) is 0 Å². The Morgan fingerprint density at radius 2 is 1.88 bits per heavy atom. The van der Waals surface area contributed by atoms with Gasteiger partial charge in [0.05, 0.1) is 0 Å². The molecule has 1 heteroatoms. The van der Waals surface area contributed by atoms with Crippen molar-refractivity contribution in [3.63, 3.8) is 0 Å². The molecule has 96 valence electrons. The molecular weight excluding hydrogens is 208 g/mol. The summed E-state index contributed by atoms with van der Waals surface area (Å²) in [7, 11) is 0. The lowest BCUT2D eigenvalue weighted by atomic mass is 9.59. The first-order valence-corrected chi connectivity index (χ1v) is 7.48. The van der Waals surface area contributed by atoms with Crippen molar-refractivity contribution >= 4 is 0 Å². The van der Waals surface area contributed by atoms with Crippen molar-refractivity contribution in [2.75, 3.05) is 6.61 Å².